The van der Waals surface area contributed by atoms with E-state index in [4.69, 9.17) is 9.84 Å². The van der Waals surface area contributed by atoms with Crippen LogP contribution in [0.2, 0.25) is 0 Å². The number of pyridine rings is 1. The van der Waals surface area contributed by atoms with Gasteiger partial charge in [-0.05, 0) is 25.1 Å². The molecule has 0 saturated carbocycles. The van der Waals surface area contributed by atoms with Gasteiger partial charge >= 0.3 is 0 Å². The summed E-state index contributed by atoms with van der Waals surface area (Å²) in [7, 11) is 2.03. The molecule has 0 N–H and O–H groups in total. The molecule has 6 heteroatoms. The minimum absolute atomic E-state index is 0.464. The third-order valence-electron chi connectivity index (χ3n) is 4.57. The van der Waals surface area contributed by atoms with Gasteiger partial charge in [0.05, 0.1) is 0 Å². The van der Waals surface area contributed by atoms with Gasteiger partial charge in [-0.3, -0.25) is 9.58 Å². The molecule has 3 aromatic rings. The van der Waals surface area contributed by atoms with Crippen molar-refractivity contribution < 1.29 is 4.74 Å². The molecule has 0 spiro atoms. The third kappa shape index (κ3) is 3.60. The zero-order valence-corrected chi connectivity index (χ0v) is 15.4. The molecule has 0 atom stereocenters. The maximum atomic E-state index is 5.82. The van der Waals surface area contributed by atoms with E-state index in [9.17, 15) is 0 Å². The molecule has 0 saturated heterocycles. The Balaban J connectivity index is 1.48. The first-order valence-corrected chi connectivity index (χ1v) is 9.36. The quantitative estimate of drug-likeness (QED) is 0.705. The molecule has 25 heavy (non-hydrogen) atoms. The Hall–Kier alpha value is -2.18. The van der Waals surface area contributed by atoms with Gasteiger partial charge in [-0.1, -0.05) is 6.07 Å². The zero-order chi connectivity index (χ0) is 17.2. The molecule has 130 valence electrons. The van der Waals surface area contributed by atoms with Crippen LogP contribution in [-0.2, 0) is 33.2 Å². The highest BCUT2D eigenvalue weighted by atomic mass is 32.1. The van der Waals surface area contributed by atoms with Crippen molar-refractivity contribution in [2.45, 2.75) is 33.0 Å². The fourth-order valence-electron chi connectivity index (χ4n) is 3.34. The predicted octanol–water partition coefficient (Wildman–Crippen LogP) is 3.32. The van der Waals surface area contributed by atoms with E-state index < -0.39 is 0 Å². The summed E-state index contributed by atoms with van der Waals surface area (Å²) in [6.07, 6.45) is 2.78. The van der Waals surface area contributed by atoms with Crippen molar-refractivity contribution in [1.29, 1.82) is 0 Å². The van der Waals surface area contributed by atoms with Crippen molar-refractivity contribution >= 4 is 11.3 Å². The van der Waals surface area contributed by atoms with Gasteiger partial charge in [-0.25, -0.2) is 4.98 Å². The number of hydrogen-bond donors (Lipinski definition) is 0. The summed E-state index contributed by atoms with van der Waals surface area (Å²) < 4.78 is 7.84. The lowest BCUT2D eigenvalue weighted by Crippen LogP contribution is -2.30. The molecule has 1 aliphatic rings. The Morgan fingerprint density at radius 2 is 2.16 bits per heavy atom. The summed E-state index contributed by atoms with van der Waals surface area (Å²) in [6.45, 7) is 5.64. The van der Waals surface area contributed by atoms with E-state index in [1.807, 2.05) is 41.3 Å². The van der Waals surface area contributed by atoms with Crippen molar-refractivity contribution in [2.75, 3.05) is 6.54 Å². The highest BCUT2D eigenvalue weighted by Crippen LogP contribution is 2.26. The van der Waals surface area contributed by atoms with E-state index in [1.165, 1.54) is 21.0 Å². The SMILES string of the molecule is Cc1ccc(CN2CCc3c(c(COc4ccccn4)nn3C)C2)s1. The Kier molecular flexibility index (Phi) is 4.55. The lowest BCUT2D eigenvalue weighted by atomic mass is 10.1. The second-order valence-corrected chi connectivity index (χ2v) is 7.80. The Morgan fingerprint density at radius 1 is 1.24 bits per heavy atom. The van der Waals surface area contributed by atoms with Gasteiger partial charge in [0.2, 0.25) is 5.88 Å². The predicted molar refractivity (Wildman–Crippen MR) is 98.7 cm³/mol. The number of ether oxygens (including phenoxy) is 1. The Bertz CT molecular complexity index is 856. The van der Waals surface area contributed by atoms with Crippen molar-refractivity contribution in [1.82, 2.24) is 19.7 Å². The molecule has 4 heterocycles. The van der Waals surface area contributed by atoms with Crippen LogP contribution < -0.4 is 4.74 Å². The van der Waals surface area contributed by atoms with E-state index in [0.717, 1.165) is 31.7 Å². The van der Waals surface area contributed by atoms with E-state index >= 15 is 0 Å². The van der Waals surface area contributed by atoms with Crippen LogP contribution in [0.1, 0.15) is 26.7 Å². The second-order valence-electron chi connectivity index (χ2n) is 6.43. The van der Waals surface area contributed by atoms with Crippen LogP contribution in [0.3, 0.4) is 0 Å². The van der Waals surface area contributed by atoms with Crippen molar-refractivity contribution in [3.05, 3.63) is 63.2 Å². The normalized spacial score (nSPS) is 14.5. The molecule has 1 aliphatic heterocycles. The first-order valence-electron chi connectivity index (χ1n) is 8.54. The summed E-state index contributed by atoms with van der Waals surface area (Å²) >= 11 is 1.88. The maximum Gasteiger partial charge on any atom is 0.213 e. The number of fused-ring (bicyclic) bond motifs is 1. The summed E-state index contributed by atoms with van der Waals surface area (Å²) in [4.78, 5) is 9.52. The molecule has 0 fully saturated rings. The monoisotopic (exact) mass is 354 g/mol. The van der Waals surface area contributed by atoms with Crippen LogP contribution >= 0.6 is 11.3 Å². The first kappa shape index (κ1) is 16.3. The highest BCUT2D eigenvalue weighted by Gasteiger charge is 2.24. The molecule has 4 rings (SSSR count). The summed E-state index contributed by atoms with van der Waals surface area (Å²) in [5.74, 6) is 0.642. The van der Waals surface area contributed by atoms with Crippen molar-refractivity contribution in [2.24, 2.45) is 7.05 Å². The number of thiophene rings is 1. The Labute approximate surface area is 151 Å². The molecule has 0 amide bonds. The van der Waals surface area contributed by atoms with Crippen molar-refractivity contribution in [3.63, 3.8) is 0 Å². The number of rotatable bonds is 5. The van der Waals surface area contributed by atoms with Crippen LogP contribution in [0.4, 0.5) is 0 Å². The van der Waals surface area contributed by atoms with Crippen LogP contribution in [0.5, 0.6) is 5.88 Å². The van der Waals surface area contributed by atoms with Crippen LogP contribution in [0, 0.1) is 6.92 Å². The number of hydrogen-bond acceptors (Lipinski definition) is 5. The maximum absolute atomic E-state index is 5.82. The molecular formula is C19H22N4OS. The first-order chi connectivity index (χ1) is 12.2. The summed E-state index contributed by atoms with van der Waals surface area (Å²) in [5, 5.41) is 4.69. The molecule has 0 unspecified atom stereocenters. The van der Waals surface area contributed by atoms with Gasteiger partial charge in [0, 0.05) is 66.4 Å². The van der Waals surface area contributed by atoms with E-state index in [0.29, 0.717) is 12.5 Å². The highest BCUT2D eigenvalue weighted by molar-refractivity contribution is 7.11. The minimum atomic E-state index is 0.464. The number of aryl methyl sites for hydroxylation is 2. The van der Waals surface area contributed by atoms with Gasteiger partial charge < -0.3 is 4.74 Å². The summed E-state index contributed by atoms with van der Waals surface area (Å²) in [5.41, 5.74) is 3.67. The van der Waals surface area contributed by atoms with E-state index in [2.05, 4.69) is 28.9 Å². The Morgan fingerprint density at radius 3 is 2.92 bits per heavy atom. The standard InChI is InChI=1S/C19H22N4OS/c1-14-6-7-15(25-14)11-23-10-8-18-16(12-23)17(21-22(18)2)13-24-19-5-3-4-9-20-19/h3-7,9H,8,10-13H2,1-2H3. The van der Waals surface area contributed by atoms with Gasteiger partial charge in [-0.15, -0.1) is 11.3 Å². The van der Waals surface area contributed by atoms with Gasteiger partial charge in [0.15, 0.2) is 0 Å². The fourth-order valence-corrected chi connectivity index (χ4v) is 4.27. The average molecular weight is 354 g/mol. The average Bonchev–Trinajstić information content (AvgIpc) is 3.17. The van der Waals surface area contributed by atoms with E-state index in [1.54, 1.807) is 6.20 Å². The number of aromatic nitrogens is 3. The number of nitrogens with zero attached hydrogens (tertiary/aromatic N) is 4. The molecule has 0 bridgehead atoms. The van der Waals surface area contributed by atoms with Gasteiger partial charge in [-0.2, -0.15) is 5.10 Å². The van der Waals surface area contributed by atoms with Gasteiger partial charge in [0.1, 0.15) is 12.3 Å². The lowest BCUT2D eigenvalue weighted by Gasteiger charge is -2.27. The zero-order valence-electron chi connectivity index (χ0n) is 14.6. The second kappa shape index (κ2) is 6.98. The fraction of sp³-hybridized carbons (Fsp3) is 0.368. The third-order valence-corrected chi connectivity index (χ3v) is 5.56. The van der Waals surface area contributed by atoms with Gasteiger partial charge in [0.25, 0.3) is 0 Å². The molecule has 0 aromatic carbocycles. The smallest absolute Gasteiger partial charge is 0.213 e. The van der Waals surface area contributed by atoms with E-state index in [-0.39, 0.29) is 0 Å². The van der Waals surface area contributed by atoms with Crippen molar-refractivity contribution in [3.8, 4) is 5.88 Å². The molecule has 0 aliphatic carbocycles. The molecular weight excluding hydrogens is 332 g/mol. The lowest BCUT2D eigenvalue weighted by molar-refractivity contribution is 0.240. The largest absolute Gasteiger partial charge is 0.471 e. The van der Waals surface area contributed by atoms with Crippen LogP contribution in [-0.4, -0.2) is 26.2 Å². The molecule has 0 radical (unpaired) electrons. The van der Waals surface area contributed by atoms with Crippen LogP contribution in [0.25, 0.3) is 0 Å². The minimum Gasteiger partial charge on any atom is -0.471 e. The van der Waals surface area contributed by atoms with Crippen LogP contribution in [0.15, 0.2) is 36.5 Å². The summed E-state index contributed by atoms with van der Waals surface area (Å²) in [6, 6.07) is 10.1. The molecule has 5 nitrogen and oxygen atoms in total. The molecule has 3 aromatic heterocycles. The topological polar surface area (TPSA) is 43.2 Å².